The smallest absolute Gasteiger partial charge is 0.472 e. The summed E-state index contributed by atoms with van der Waals surface area (Å²) in [7, 11) is -4.28. The van der Waals surface area contributed by atoms with E-state index in [1.807, 2.05) is 6.08 Å². The van der Waals surface area contributed by atoms with E-state index in [1.54, 1.807) is 6.26 Å². The maximum Gasteiger partial charge on any atom is 0.472 e. The number of hydrogen-bond donors (Lipinski definition) is 2. The Morgan fingerprint density at radius 3 is 1.65 bits per heavy atom. The third-order valence-electron chi connectivity index (χ3n) is 8.20. The first-order chi connectivity index (χ1) is 25.4. The average Bonchev–Trinajstić information content (AvgIpc) is 3.14. The van der Waals surface area contributed by atoms with Gasteiger partial charge in [0.25, 0.3) is 0 Å². The second kappa shape index (κ2) is 40.0. The molecule has 3 N–H and O–H groups in total. The number of unbranched alkanes of at least 4 members (excludes halogenated alkanes) is 15. The fourth-order valence-corrected chi connectivity index (χ4v) is 5.91. The van der Waals surface area contributed by atoms with Gasteiger partial charge in [-0.05, 0) is 89.5 Å². The zero-order valence-electron chi connectivity index (χ0n) is 33.0. The lowest BCUT2D eigenvalue weighted by atomic mass is 10.1. The molecule has 0 aromatic carbocycles. The summed E-state index contributed by atoms with van der Waals surface area (Å²) in [5, 5.41) is 0. The summed E-state index contributed by atoms with van der Waals surface area (Å²) >= 11 is 0. The standard InChI is InChI=1S/C43H76NO7P/c1-3-5-7-9-11-13-15-17-19-21-22-24-26-28-30-32-34-36-43(45)49-40-42(41-51-52(46,47)50-39-37-44)48-38-35-33-31-29-27-25-23-20-18-16-14-12-10-8-6-4-2/h5,7,11,13-14,16-17,19,22,24,35,38,42H,3-4,6,8-10,12,15,18,20-21,23,25-34,36-37,39-41,44H2,1-2H3,(H,46,47). The van der Waals surface area contributed by atoms with E-state index in [-0.39, 0.29) is 32.3 Å². The number of rotatable bonds is 38. The maximum absolute atomic E-state index is 12.4. The average molecular weight is 750 g/mol. The van der Waals surface area contributed by atoms with Gasteiger partial charge in [-0.15, -0.1) is 0 Å². The number of phosphoric ester groups is 1. The molecule has 52 heavy (non-hydrogen) atoms. The minimum Gasteiger partial charge on any atom is -0.492 e. The molecule has 0 aromatic heterocycles. The zero-order chi connectivity index (χ0) is 38.1. The van der Waals surface area contributed by atoms with Crippen LogP contribution in [0.4, 0.5) is 0 Å². The van der Waals surface area contributed by atoms with E-state index < -0.39 is 13.9 Å². The number of carbonyl (C=O) groups excluding carboxylic acids is 1. The van der Waals surface area contributed by atoms with Gasteiger partial charge in [-0.1, -0.05) is 132 Å². The van der Waals surface area contributed by atoms with E-state index in [0.29, 0.717) is 6.42 Å². The highest BCUT2D eigenvalue weighted by Crippen LogP contribution is 2.43. The number of ether oxygens (including phenoxy) is 2. The Bertz CT molecular complexity index is 1020. The van der Waals surface area contributed by atoms with Gasteiger partial charge in [0.2, 0.25) is 0 Å². The van der Waals surface area contributed by atoms with Gasteiger partial charge in [0.1, 0.15) is 6.61 Å². The highest BCUT2D eigenvalue weighted by Gasteiger charge is 2.24. The van der Waals surface area contributed by atoms with Gasteiger partial charge in [-0.25, -0.2) is 4.57 Å². The SMILES string of the molecule is CCC=CCC=CCC=CCC=CCCCCCCC(=O)OCC(COP(=O)(O)OCCN)OC=CCCCCCCCCC=CCCCCCC. The van der Waals surface area contributed by atoms with E-state index in [0.717, 1.165) is 70.6 Å². The molecule has 8 nitrogen and oxygen atoms in total. The van der Waals surface area contributed by atoms with Crippen LogP contribution in [0.5, 0.6) is 0 Å². The lowest BCUT2D eigenvalue weighted by Crippen LogP contribution is -2.25. The van der Waals surface area contributed by atoms with E-state index >= 15 is 0 Å². The van der Waals surface area contributed by atoms with Crippen LogP contribution in [0.25, 0.3) is 0 Å². The van der Waals surface area contributed by atoms with Gasteiger partial charge >= 0.3 is 13.8 Å². The molecule has 0 fully saturated rings. The molecule has 0 aliphatic heterocycles. The number of carbonyl (C=O) groups is 1. The second-order valence-electron chi connectivity index (χ2n) is 13.2. The second-order valence-corrected chi connectivity index (χ2v) is 14.6. The number of allylic oxidation sites excluding steroid dienone is 11. The Balaban J connectivity index is 4.18. The van der Waals surface area contributed by atoms with Crippen LogP contribution >= 0.6 is 7.82 Å². The monoisotopic (exact) mass is 750 g/mol. The molecule has 300 valence electrons. The van der Waals surface area contributed by atoms with Crippen molar-refractivity contribution in [1.29, 1.82) is 0 Å². The van der Waals surface area contributed by atoms with E-state index in [1.165, 1.54) is 70.6 Å². The summed E-state index contributed by atoms with van der Waals surface area (Å²) in [6.07, 6.45) is 50.1. The molecular formula is C43H76NO7P. The Labute approximate surface area is 318 Å². The van der Waals surface area contributed by atoms with Crippen LogP contribution in [-0.2, 0) is 27.9 Å². The van der Waals surface area contributed by atoms with Gasteiger partial charge < -0.3 is 20.1 Å². The Morgan fingerprint density at radius 2 is 1.10 bits per heavy atom. The topological polar surface area (TPSA) is 117 Å². The van der Waals surface area contributed by atoms with E-state index in [4.69, 9.17) is 24.3 Å². The van der Waals surface area contributed by atoms with E-state index in [9.17, 15) is 14.3 Å². The van der Waals surface area contributed by atoms with Crippen molar-refractivity contribution in [2.24, 2.45) is 5.73 Å². The normalized spacial score (nSPS) is 14.2. The van der Waals surface area contributed by atoms with Gasteiger partial charge in [0.15, 0.2) is 6.10 Å². The number of phosphoric acid groups is 1. The summed E-state index contributed by atoms with van der Waals surface area (Å²) in [5.74, 6) is -0.318. The molecule has 2 unspecified atom stereocenters. The fourth-order valence-electron chi connectivity index (χ4n) is 5.14. The molecule has 2 atom stereocenters. The summed E-state index contributed by atoms with van der Waals surface area (Å²) in [5.41, 5.74) is 5.36. The van der Waals surface area contributed by atoms with Crippen LogP contribution in [0, 0.1) is 0 Å². The molecule has 0 radical (unpaired) electrons. The number of nitrogens with two attached hydrogens (primary N) is 1. The minimum atomic E-state index is -4.28. The van der Waals surface area contributed by atoms with Crippen LogP contribution in [0.2, 0.25) is 0 Å². The van der Waals surface area contributed by atoms with Crippen molar-refractivity contribution >= 4 is 13.8 Å². The van der Waals surface area contributed by atoms with Crippen LogP contribution in [0.3, 0.4) is 0 Å². The van der Waals surface area contributed by atoms with Crippen molar-refractivity contribution in [3.8, 4) is 0 Å². The van der Waals surface area contributed by atoms with Crippen molar-refractivity contribution in [2.45, 2.75) is 168 Å². The molecule has 9 heteroatoms. The lowest BCUT2D eigenvalue weighted by molar-refractivity contribution is -0.147. The maximum atomic E-state index is 12.4. The van der Waals surface area contributed by atoms with Crippen LogP contribution < -0.4 is 5.73 Å². The predicted molar refractivity (Wildman–Crippen MR) is 219 cm³/mol. The van der Waals surface area contributed by atoms with Crippen LogP contribution in [0.15, 0.2) is 73.1 Å². The minimum absolute atomic E-state index is 0.0834. The quantitative estimate of drug-likeness (QED) is 0.0211. The van der Waals surface area contributed by atoms with Crippen molar-refractivity contribution in [2.75, 3.05) is 26.4 Å². The molecule has 0 heterocycles. The van der Waals surface area contributed by atoms with Crippen LogP contribution in [-0.4, -0.2) is 43.3 Å². The first-order valence-corrected chi connectivity index (χ1v) is 22.0. The Morgan fingerprint density at radius 1 is 0.615 bits per heavy atom. The van der Waals surface area contributed by atoms with Crippen molar-refractivity contribution in [3.63, 3.8) is 0 Å². The number of esters is 1. The summed E-state index contributed by atoms with van der Waals surface area (Å²) < 4.78 is 33.1. The third kappa shape index (κ3) is 39.0. The zero-order valence-corrected chi connectivity index (χ0v) is 33.9. The molecule has 0 bridgehead atoms. The summed E-state index contributed by atoms with van der Waals surface area (Å²) in [6.45, 7) is 4.04. The predicted octanol–water partition coefficient (Wildman–Crippen LogP) is 12.3. The molecule has 0 saturated heterocycles. The van der Waals surface area contributed by atoms with Gasteiger partial charge in [-0.2, -0.15) is 0 Å². The molecule has 0 aliphatic carbocycles. The van der Waals surface area contributed by atoms with Crippen molar-refractivity contribution in [3.05, 3.63) is 73.1 Å². The van der Waals surface area contributed by atoms with E-state index in [2.05, 4.69) is 74.6 Å². The van der Waals surface area contributed by atoms with Gasteiger partial charge in [0, 0.05) is 13.0 Å². The van der Waals surface area contributed by atoms with Gasteiger partial charge in [-0.3, -0.25) is 13.8 Å². The Kier molecular flexibility index (Phi) is 38.3. The highest BCUT2D eigenvalue weighted by molar-refractivity contribution is 7.47. The molecular weight excluding hydrogens is 673 g/mol. The largest absolute Gasteiger partial charge is 0.492 e. The lowest BCUT2D eigenvalue weighted by Gasteiger charge is -2.19. The highest BCUT2D eigenvalue weighted by atomic mass is 31.2. The molecule has 0 aromatic rings. The van der Waals surface area contributed by atoms with Crippen LogP contribution in [0.1, 0.15) is 162 Å². The van der Waals surface area contributed by atoms with Crippen molar-refractivity contribution in [1.82, 2.24) is 0 Å². The molecule has 0 rings (SSSR count). The first-order valence-electron chi connectivity index (χ1n) is 20.5. The number of hydrogen-bond acceptors (Lipinski definition) is 7. The first kappa shape index (κ1) is 49.8. The molecule has 0 amide bonds. The van der Waals surface area contributed by atoms with Crippen molar-refractivity contribution < 1.29 is 32.8 Å². The molecule has 0 spiro atoms. The van der Waals surface area contributed by atoms with Gasteiger partial charge in [0.05, 0.1) is 19.5 Å². The third-order valence-corrected chi connectivity index (χ3v) is 9.18. The summed E-state index contributed by atoms with van der Waals surface area (Å²) in [6, 6.07) is 0. The Hall–Kier alpha value is -2.22. The molecule has 0 saturated carbocycles. The summed E-state index contributed by atoms with van der Waals surface area (Å²) in [4.78, 5) is 22.2. The fraction of sp³-hybridized carbons (Fsp3) is 0.698. The molecule has 0 aliphatic rings.